The largest absolute Gasteiger partial charge is 0.313 e. The van der Waals surface area contributed by atoms with Gasteiger partial charge in [0.05, 0.1) is 5.69 Å². The van der Waals surface area contributed by atoms with Crippen LogP contribution in [0.25, 0.3) is 0 Å². The van der Waals surface area contributed by atoms with Crippen LogP contribution < -0.4 is 5.32 Å². The van der Waals surface area contributed by atoms with Crippen molar-refractivity contribution in [2.45, 2.75) is 45.7 Å². The van der Waals surface area contributed by atoms with Gasteiger partial charge in [-0.25, -0.2) is 0 Å². The summed E-state index contributed by atoms with van der Waals surface area (Å²) in [7, 11) is 2.00. The van der Waals surface area contributed by atoms with E-state index in [-0.39, 0.29) is 6.04 Å². The van der Waals surface area contributed by atoms with Crippen LogP contribution in [-0.4, -0.2) is 16.8 Å². The molecule has 0 spiro atoms. The van der Waals surface area contributed by atoms with Gasteiger partial charge < -0.3 is 5.32 Å². The zero-order valence-electron chi connectivity index (χ0n) is 13.2. The normalized spacial score (nSPS) is 14.1. The third-order valence-corrected chi connectivity index (χ3v) is 4.92. The van der Waals surface area contributed by atoms with E-state index in [0.29, 0.717) is 6.04 Å². The number of hydrogen-bond acceptors (Lipinski definition) is 2. The molecule has 3 nitrogen and oxygen atoms in total. The number of aryl methyl sites for hydroxylation is 1. The molecule has 2 aromatic rings. The predicted octanol–water partition coefficient (Wildman–Crippen LogP) is 4.43. The SMILES string of the molecule is CCC(C)n1ccc(CC(NC)c2ccc(C)c(Br)c2)n1. The third kappa shape index (κ3) is 3.95. The molecule has 0 aliphatic carbocycles. The molecular formula is C17H24BrN3. The smallest absolute Gasteiger partial charge is 0.0643 e. The van der Waals surface area contributed by atoms with Crippen LogP contribution in [0.3, 0.4) is 0 Å². The summed E-state index contributed by atoms with van der Waals surface area (Å²) in [4.78, 5) is 0. The highest BCUT2D eigenvalue weighted by Gasteiger charge is 2.13. The number of benzene rings is 1. The Balaban J connectivity index is 2.15. The minimum Gasteiger partial charge on any atom is -0.313 e. The van der Waals surface area contributed by atoms with Crippen molar-refractivity contribution in [3.63, 3.8) is 0 Å². The quantitative estimate of drug-likeness (QED) is 0.835. The standard InChI is InChI=1S/C17H24BrN3/c1-5-13(3)21-9-8-15(20-21)11-17(19-4)14-7-6-12(2)16(18)10-14/h6-10,13,17,19H,5,11H2,1-4H3. The Hall–Kier alpha value is -1.13. The molecule has 1 aromatic carbocycles. The maximum Gasteiger partial charge on any atom is 0.0643 e. The van der Waals surface area contributed by atoms with Gasteiger partial charge in [-0.3, -0.25) is 4.68 Å². The van der Waals surface area contributed by atoms with Gasteiger partial charge in [0.25, 0.3) is 0 Å². The molecule has 0 fully saturated rings. The highest BCUT2D eigenvalue weighted by molar-refractivity contribution is 9.10. The highest BCUT2D eigenvalue weighted by atomic mass is 79.9. The van der Waals surface area contributed by atoms with Gasteiger partial charge in [-0.2, -0.15) is 5.10 Å². The van der Waals surface area contributed by atoms with Crippen molar-refractivity contribution in [1.82, 2.24) is 15.1 Å². The molecule has 0 saturated heterocycles. The summed E-state index contributed by atoms with van der Waals surface area (Å²) in [5.41, 5.74) is 3.68. The topological polar surface area (TPSA) is 29.9 Å². The van der Waals surface area contributed by atoms with Gasteiger partial charge in [0.2, 0.25) is 0 Å². The van der Waals surface area contributed by atoms with E-state index in [1.165, 1.54) is 11.1 Å². The van der Waals surface area contributed by atoms with E-state index in [1.807, 2.05) is 7.05 Å². The van der Waals surface area contributed by atoms with Crippen LogP contribution in [0.5, 0.6) is 0 Å². The minimum atomic E-state index is 0.280. The number of rotatable bonds is 6. The lowest BCUT2D eigenvalue weighted by atomic mass is 10.0. The van der Waals surface area contributed by atoms with Crippen molar-refractivity contribution in [2.24, 2.45) is 0 Å². The first-order valence-electron chi connectivity index (χ1n) is 7.52. The number of halogens is 1. The van der Waals surface area contributed by atoms with Crippen LogP contribution in [-0.2, 0) is 6.42 Å². The van der Waals surface area contributed by atoms with E-state index < -0.39 is 0 Å². The summed E-state index contributed by atoms with van der Waals surface area (Å²) in [5, 5.41) is 8.10. The summed E-state index contributed by atoms with van der Waals surface area (Å²) in [6.07, 6.45) is 4.08. The molecule has 1 N–H and O–H groups in total. The molecule has 0 aliphatic heterocycles. The fourth-order valence-corrected chi connectivity index (χ4v) is 2.74. The molecule has 0 aliphatic rings. The molecule has 1 aromatic heterocycles. The number of hydrogen-bond donors (Lipinski definition) is 1. The van der Waals surface area contributed by atoms with E-state index >= 15 is 0 Å². The van der Waals surface area contributed by atoms with Gasteiger partial charge in [-0.1, -0.05) is 35.0 Å². The first-order valence-corrected chi connectivity index (χ1v) is 8.31. The molecule has 0 radical (unpaired) electrons. The van der Waals surface area contributed by atoms with E-state index in [9.17, 15) is 0 Å². The highest BCUT2D eigenvalue weighted by Crippen LogP contribution is 2.24. The van der Waals surface area contributed by atoms with E-state index in [4.69, 9.17) is 5.10 Å². The fourth-order valence-electron chi connectivity index (χ4n) is 2.34. The monoisotopic (exact) mass is 349 g/mol. The van der Waals surface area contributed by atoms with Gasteiger partial charge >= 0.3 is 0 Å². The summed E-state index contributed by atoms with van der Waals surface area (Å²) in [6, 6.07) is 9.40. The molecule has 2 rings (SSSR count). The Morgan fingerprint density at radius 2 is 2.10 bits per heavy atom. The Kier molecular flexibility index (Phi) is 5.59. The van der Waals surface area contributed by atoms with Gasteiger partial charge in [0.1, 0.15) is 0 Å². The average Bonchev–Trinajstić information content (AvgIpc) is 2.95. The summed E-state index contributed by atoms with van der Waals surface area (Å²) in [6.45, 7) is 6.49. The van der Waals surface area contributed by atoms with Crippen molar-refractivity contribution in [3.8, 4) is 0 Å². The van der Waals surface area contributed by atoms with Crippen LogP contribution in [0, 0.1) is 6.92 Å². The zero-order chi connectivity index (χ0) is 15.4. The van der Waals surface area contributed by atoms with Crippen molar-refractivity contribution in [3.05, 3.63) is 51.8 Å². The van der Waals surface area contributed by atoms with Crippen LogP contribution in [0.4, 0.5) is 0 Å². The van der Waals surface area contributed by atoms with Crippen LogP contribution >= 0.6 is 15.9 Å². The lowest BCUT2D eigenvalue weighted by Crippen LogP contribution is -2.19. The second-order valence-electron chi connectivity index (χ2n) is 5.60. The molecule has 114 valence electrons. The Labute approximate surface area is 135 Å². The minimum absolute atomic E-state index is 0.280. The molecule has 1 heterocycles. The number of nitrogens with zero attached hydrogens (tertiary/aromatic N) is 2. The van der Waals surface area contributed by atoms with Gasteiger partial charge in [0, 0.05) is 29.2 Å². The molecular weight excluding hydrogens is 326 g/mol. The molecule has 4 heteroatoms. The number of aromatic nitrogens is 2. The Morgan fingerprint density at radius 1 is 1.33 bits per heavy atom. The molecule has 2 unspecified atom stereocenters. The van der Waals surface area contributed by atoms with Gasteiger partial charge in [-0.15, -0.1) is 0 Å². The predicted molar refractivity (Wildman–Crippen MR) is 91.6 cm³/mol. The first-order chi connectivity index (χ1) is 10.0. The van der Waals surface area contributed by atoms with Crippen molar-refractivity contribution in [1.29, 1.82) is 0 Å². The maximum absolute atomic E-state index is 4.70. The molecule has 21 heavy (non-hydrogen) atoms. The van der Waals surface area contributed by atoms with Gasteiger partial charge in [-0.05, 0) is 50.6 Å². The lowest BCUT2D eigenvalue weighted by Gasteiger charge is -2.16. The molecule has 0 bridgehead atoms. The van der Waals surface area contributed by atoms with E-state index in [0.717, 1.165) is 23.0 Å². The third-order valence-electron chi connectivity index (χ3n) is 4.07. The first kappa shape index (κ1) is 16.2. The molecule has 0 amide bonds. The lowest BCUT2D eigenvalue weighted by molar-refractivity contribution is 0.469. The molecule has 2 atom stereocenters. The second-order valence-corrected chi connectivity index (χ2v) is 6.45. The summed E-state index contributed by atoms with van der Waals surface area (Å²) < 4.78 is 3.22. The Morgan fingerprint density at radius 3 is 2.71 bits per heavy atom. The van der Waals surface area contributed by atoms with Crippen LogP contribution in [0.2, 0.25) is 0 Å². The van der Waals surface area contributed by atoms with Gasteiger partial charge in [0.15, 0.2) is 0 Å². The molecule has 0 saturated carbocycles. The summed E-state index contributed by atoms with van der Waals surface area (Å²) in [5.74, 6) is 0. The van der Waals surface area contributed by atoms with Crippen molar-refractivity contribution >= 4 is 15.9 Å². The van der Waals surface area contributed by atoms with E-state index in [2.05, 4.69) is 77.2 Å². The van der Waals surface area contributed by atoms with E-state index in [1.54, 1.807) is 0 Å². The average molecular weight is 350 g/mol. The fraction of sp³-hybridized carbons (Fsp3) is 0.471. The zero-order valence-corrected chi connectivity index (χ0v) is 14.8. The number of likely N-dealkylation sites (N-methyl/N-ethyl adjacent to an activating group) is 1. The maximum atomic E-state index is 4.70. The number of nitrogens with one attached hydrogen (secondary N) is 1. The van der Waals surface area contributed by atoms with Crippen molar-refractivity contribution < 1.29 is 0 Å². The summed E-state index contributed by atoms with van der Waals surface area (Å²) >= 11 is 3.61. The second kappa shape index (κ2) is 7.23. The van der Waals surface area contributed by atoms with Crippen molar-refractivity contribution in [2.75, 3.05) is 7.05 Å². The van der Waals surface area contributed by atoms with Crippen LogP contribution in [0.15, 0.2) is 34.9 Å². The Bertz CT molecular complexity index is 591. The van der Waals surface area contributed by atoms with Crippen LogP contribution in [0.1, 0.15) is 49.2 Å².